The third-order valence-corrected chi connectivity index (χ3v) is 3.85. The van der Waals surface area contributed by atoms with Crippen molar-refractivity contribution in [2.24, 2.45) is 0 Å². The molecule has 0 bridgehead atoms. The standard InChI is InChI=1S/C16H24N2O3/c1-12(19)11-13-7-5-6-10-18(13)16(20)17-14-8-3-4-9-15(14)21-2/h3-4,8-9,12-13,19H,5-7,10-11H2,1-2H3,(H,17,20). The molecule has 2 N–H and O–H groups in total. The first kappa shape index (κ1) is 15.6. The molecule has 1 aliphatic heterocycles. The Balaban J connectivity index is 2.06. The molecule has 116 valence electrons. The molecule has 1 aromatic carbocycles. The Morgan fingerprint density at radius 3 is 2.95 bits per heavy atom. The summed E-state index contributed by atoms with van der Waals surface area (Å²) in [6.07, 6.45) is 3.30. The molecule has 0 aromatic heterocycles. The van der Waals surface area contributed by atoms with Gasteiger partial charge in [-0.15, -0.1) is 0 Å². The zero-order valence-corrected chi connectivity index (χ0v) is 12.7. The number of anilines is 1. The van der Waals surface area contributed by atoms with Crippen LogP contribution in [0.1, 0.15) is 32.6 Å². The van der Waals surface area contributed by atoms with Gasteiger partial charge in [-0.2, -0.15) is 0 Å². The molecule has 0 spiro atoms. The molecule has 0 saturated carbocycles. The fourth-order valence-electron chi connectivity index (χ4n) is 2.84. The Kier molecular flexibility index (Phi) is 5.44. The van der Waals surface area contributed by atoms with Crippen molar-refractivity contribution in [3.63, 3.8) is 0 Å². The Morgan fingerprint density at radius 1 is 1.48 bits per heavy atom. The quantitative estimate of drug-likeness (QED) is 0.897. The van der Waals surface area contributed by atoms with E-state index in [4.69, 9.17) is 4.74 Å². The van der Waals surface area contributed by atoms with Crippen LogP contribution in [-0.4, -0.2) is 41.8 Å². The zero-order valence-electron chi connectivity index (χ0n) is 12.7. The highest BCUT2D eigenvalue weighted by molar-refractivity contribution is 5.91. The van der Waals surface area contributed by atoms with Gasteiger partial charge in [-0.25, -0.2) is 4.79 Å². The van der Waals surface area contributed by atoms with Crippen molar-refractivity contribution in [1.29, 1.82) is 0 Å². The number of likely N-dealkylation sites (tertiary alicyclic amines) is 1. The second kappa shape index (κ2) is 7.31. The van der Waals surface area contributed by atoms with E-state index >= 15 is 0 Å². The molecule has 0 radical (unpaired) electrons. The van der Waals surface area contributed by atoms with Gasteiger partial charge in [0.15, 0.2) is 0 Å². The van der Waals surface area contributed by atoms with Crippen LogP contribution in [0.2, 0.25) is 0 Å². The Labute approximate surface area is 125 Å². The zero-order chi connectivity index (χ0) is 15.2. The molecule has 5 nitrogen and oxygen atoms in total. The second-order valence-corrected chi connectivity index (χ2v) is 5.56. The van der Waals surface area contributed by atoms with E-state index < -0.39 is 6.10 Å². The molecule has 1 aliphatic rings. The number of hydrogen-bond acceptors (Lipinski definition) is 3. The molecule has 21 heavy (non-hydrogen) atoms. The summed E-state index contributed by atoms with van der Waals surface area (Å²) in [6, 6.07) is 7.36. The summed E-state index contributed by atoms with van der Waals surface area (Å²) in [7, 11) is 1.59. The fourth-order valence-corrected chi connectivity index (χ4v) is 2.84. The molecule has 1 fully saturated rings. The average molecular weight is 292 g/mol. The summed E-state index contributed by atoms with van der Waals surface area (Å²) in [5, 5.41) is 12.5. The van der Waals surface area contributed by atoms with E-state index in [0.29, 0.717) is 17.9 Å². The summed E-state index contributed by atoms with van der Waals surface area (Å²) < 4.78 is 5.25. The number of hydrogen-bond donors (Lipinski definition) is 2. The number of benzene rings is 1. The number of nitrogens with zero attached hydrogens (tertiary/aromatic N) is 1. The molecule has 2 atom stereocenters. The van der Waals surface area contributed by atoms with Crippen molar-refractivity contribution in [2.45, 2.75) is 44.8 Å². The van der Waals surface area contributed by atoms with Crippen LogP contribution in [0.5, 0.6) is 5.75 Å². The largest absolute Gasteiger partial charge is 0.495 e. The van der Waals surface area contributed by atoms with Crippen molar-refractivity contribution in [3.8, 4) is 5.75 Å². The molecule has 2 unspecified atom stereocenters. The lowest BCUT2D eigenvalue weighted by molar-refractivity contribution is 0.108. The summed E-state index contributed by atoms with van der Waals surface area (Å²) in [6.45, 7) is 2.50. The normalized spacial score (nSPS) is 20.0. The lowest BCUT2D eigenvalue weighted by Gasteiger charge is -2.36. The number of carbonyl (C=O) groups excluding carboxylic acids is 1. The number of para-hydroxylation sites is 2. The van der Waals surface area contributed by atoms with E-state index in [-0.39, 0.29) is 12.1 Å². The van der Waals surface area contributed by atoms with Gasteiger partial charge in [0.05, 0.1) is 18.9 Å². The number of amides is 2. The van der Waals surface area contributed by atoms with Gasteiger partial charge < -0.3 is 20.1 Å². The number of ether oxygens (including phenoxy) is 1. The topological polar surface area (TPSA) is 61.8 Å². The first-order valence-corrected chi connectivity index (χ1v) is 7.50. The molecule has 1 heterocycles. The Hall–Kier alpha value is -1.75. The monoisotopic (exact) mass is 292 g/mol. The van der Waals surface area contributed by atoms with Gasteiger partial charge in [-0.05, 0) is 44.7 Å². The maximum atomic E-state index is 12.5. The van der Waals surface area contributed by atoms with Gasteiger partial charge in [0.2, 0.25) is 0 Å². The van der Waals surface area contributed by atoms with E-state index in [2.05, 4.69) is 5.32 Å². The highest BCUT2D eigenvalue weighted by Gasteiger charge is 2.28. The lowest BCUT2D eigenvalue weighted by atomic mass is 9.97. The molecular formula is C16H24N2O3. The van der Waals surface area contributed by atoms with Crippen molar-refractivity contribution in [2.75, 3.05) is 19.0 Å². The fraction of sp³-hybridized carbons (Fsp3) is 0.562. The number of methoxy groups -OCH3 is 1. The van der Waals surface area contributed by atoms with Gasteiger partial charge in [0.1, 0.15) is 5.75 Å². The van der Waals surface area contributed by atoms with E-state index in [9.17, 15) is 9.90 Å². The molecule has 1 aromatic rings. The summed E-state index contributed by atoms with van der Waals surface area (Å²) >= 11 is 0. The van der Waals surface area contributed by atoms with E-state index in [1.54, 1.807) is 14.0 Å². The van der Waals surface area contributed by atoms with Crippen LogP contribution in [-0.2, 0) is 0 Å². The van der Waals surface area contributed by atoms with Gasteiger partial charge in [-0.3, -0.25) is 0 Å². The van der Waals surface area contributed by atoms with Crippen LogP contribution >= 0.6 is 0 Å². The number of urea groups is 1. The SMILES string of the molecule is COc1ccccc1NC(=O)N1CCCCC1CC(C)O. The third kappa shape index (κ3) is 4.11. The van der Waals surface area contributed by atoms with Crippen molar-refractivity contribution < 1.29 is 14.6 Å². The van der Waals surface area contributed by atoms with Crippen LogP contribution in [0.4, 0.5) is 10.5 Å². The first-order valence-electron chi connectivity index (χ1n) is 7.50. The second-order valence-electron chi connectivity index (χ2n) is 5.56. The van der Waals surface area contributed by atoms with Crippen molar-refractivity contribution in [1.82, 2.24) is 4.90 Å². The van der Waals surface area contributed by atoms with Crippen LogP contribution in [0.3, 0.4) is 0 Å². The predicted molar refractivity (Wildman–Crippen MR) is 82.7 cm³/mol. The summed E-state index contributed by atoms with van der Waals surface area (Å²) in [5.74, 6) is 0.648. The van der Waals surface area contributed by atoms with Gasteiger partial charge in [0, 0.05) is 12.6 Å². The maximum absolute atomic E-state index is 12.5. The Morgan fingerprint density at radius 2 is 2.24 bits per heavy atom. The number of piperidine rings is 1. The number of carbonyl (C=O) groups is 1. The minimum absolute atomic E-state index is 0.105. The molecule has 1 saturated heterocycles. The minimum atomic E-state index is -0.394. The third-order valence-electron chi connectivity index (χ3n) is 3.85. The van der Waals surface area contributed by atoms with Crippen LogP contribution < -0.4 is 10.1 Å². The number of rotatable bonds is 4. The number of aliphatic hydroxyl groups excluding tert-OH is 1. The molecule has 2 amide bonds. The van der Waals surface area contributed by atoms with Gasteiger partial charge >= 0.3 is 6.03 Å². The average Bonchev–Trinajstić information content (AvgIpc) is 2.47. The lowest BCUT2D eigenvalue weighted by Crippen LogP contribution is -2.47. The highest BCUT2D eigenvalue weighted by Crippen LogP contribution is 2.26. The van der Waals surface area contributed by atoms with Crippen molar-refractivity contribution in [3.05, 3.63) is 24.3 Å². The van der Waals surface area contributed by atoms with Crippen LogP contribution in [0, 0.1) is 0 Å². The van der Waals surface area contributed by atoms with Crippen LogP contribution in [0.15, 0.2) is 24.3 Å². The maximum Gasteiger partial charge on any atom is 0.322 e. The highest BCUT2D eigenvalue weighted by atomic mass is 16.5. The predicted octanol–water partition coefficient (Wildman–Crippen LogP) is 2.85. The van der Waals surface area contributed by atoms with Crippen LogP contribution in [0.25, 0.3) is 0 Å². The molecule has 5 heteroatoms. The minimum Gasteiger partial charge on any atom is -0.495 e. The van der Waals surface area contributed by atoms with Crippen molar-refractivity contribution >= 4 is 11.7 Å². The number of aliphatic hydroxyl groups is 1. The van der Waals surface area contributed by atoms with Gasteiger partial charge in [0.25, 0.3) is 0 Å². The van der Waals surface area contributed by atoms with E-state index in [1.807, 2.05) is 29.2 Å². The van der Waals surface area contributed by atoms with Gasteiger partial charge in [-0.1, -0.05) is 12.1 Å². The Bertz CT molecular complexity index is 476. The number of nitrogens with one attached hydrogen (secondary N) is 1. The smallest absolute Gasteiger partial charge is 0.322 e. The summed E-state index contributed by atoms with van der Waals surface area (Å²) in [4.78, 5) is 14.3. The molecular weight excluding hydrogens is 268 g/mol. The van der Waals surface area contributed by atoms with E-state index in [1.165, 1.54) is 0 Å². The van der Waals surface area contributed by atoms with E-state index in [0.717, 1.165) is 25.8 Å². The first-order chi connectivity index (χ1) is 10.1. The molecule has 0 aliphatic carbocycles. The molecule has 2 rings (SSSR count). The summed E-state index contributed by atoms with van der Waals surface area (Å²) in [5.41, 5.74) is 0.673.